The van der Waals surface area contributed by atoms with Gasteiger partial charge in [-0.15, -0.1) is 0 Å². The van der Waals surface area contributed by atoms with Crippen molar-refractivity contribution in [3.63, 3.8) is 0 Å². The lowest BCUT2D eigenvalue weighted by molar-refractivity contribution is -0.134. The molecule has 0 fully saturated rings. The van der Waals surface area contributed by atoms with Gasteiger partial charge in [0.2, 0.25) is 21.8 Å². The Hall–Kier alpha value is -1.00. The predicted octanol–water partition coefficient (Wildman–Crippen LogP) is 2.45. The highest BCUT2D eigenvalue weighted by molar-refractivity contribution is 7.98. The average Bonchev–Trinajstić information content (AvgIpc) is 2.61. The molecule has 0 aromatic heterocycles. The van der Waals surface area contributed by atoms with E-state index in [0.29, 0.717) is 12.2 Å². The number of nitrogens with zero attached hydrogens (tertiary/aromatic N) is 1. The number of likely N-dealkylation sites (N-methyl/N-ethyl adjacent to an activating group) is 1. The van der Waals surface area contributed by atoms with E-state index < -0.39 is 27.9 Å². The van der Waals surface area contributed by atoms with E-state index in [2.05, 4.69) is 10.0 Å². The van der Waals surface area contributed by atoms with Crippen molar-refractivity contribution in [1.29, 1.82) is 0 Å². The zero-order valence-corrected chi connectivity index (χ0v) is 18.4. The highest BCUT2D eigenvalue weighted by Gasteiger charge is 2.27. The molecule has 0 heterocycles. The zero-order valence-electron chi connectivity index (χ0n) is 15.3. The number of nitrogens with one attached hydrogen (secondary N) is 2. The summed E-state index contributed by atoms with van der Waals surface area (Å²) < 4.78 is 26.1. The third kappa shape index (κ3) is 7.87. The second-order valence-electron chi connectivity index (χ2n) is 5.69. The third-order valence-corrected chi connectivity index (χ3v) is 6.27. The van der Waals surface area contributed by atoms with Crippen molar-refractivity contribution in [2.24, 2.45) is 0 Å². The molecule has 11 heteroatoms. The lowest BCUT2D eigenvalue weighted by Gasteiger charge is -2.24. The number of hydrogen-bond donors (Lipinski definition) is 2. The van der Waals surface area contributed by atoms with Crippen molar-refractivity contribution in [3.05, 3.63) is 28.2 Å². The van der Waals surface area contributed by atoms with E-state index >= 15 is 0 Å². The van der Waals surface area contributed by atoms with Gasteiger partial charge in [-0.2, -0.15) is 11.8 Å². The fourth-order valence-corrected chi connectivity index (χ4v) is 3.91. The van der Waals surface area contributed by atoms with Crippen molar-refractivity contribution in [3.8, 4) is 0 Å². The van der Waals surface area contributed by atoms with E-state index in [1.807, 2.05) is 6.26 Å². The molecule has 152 valence electrons. The maximum Gasteiger partial charge on any atom is 0.244 e. The van der Waals surface area contributed by atoms with E-state index in [0.717, 1.165) is 0 Å². The van der Waals surface area contributed by atoms with Crippen molar-refractivity contribution in [2.45, 2.75) is 19.4 Å². The normalized spacial score (nSPS) is 12.5. The number of benzene rings is 1. The topological polar surface area (TPSA) is 95.6 Å². The minimum atomic E-state index is -3.56. The number of thioether (sulfide) groups is 1. The van der Waals surface area contributed by atoms with Crippen LogP contribution < -0.4 is 10.0 Å². The molecule has 0 aliphatic rings. The number of carbonyl (C=O) groups is 2. The Balaban J connectivity index is 2.80. The molecule has 0 spiro atoms. The molecule has 0 aliphatic carbocycles. The number of rotatable bonds is 10. The highest BCUT2D eigenvalue weighted by atomic mass is 35.5. The summed E-state index contributed by atoms with van der Waals surface area (Å²) in [6.07, 6.45) is 2.18. The molecule has 0 bridgehead atoms. The van der Waals surface area contributed by atoms with Crippen LogP contribution in [0.2, 0.25) is 10.0 Å². The molecule has 0 radical (unpaired) electrons. The van der Waals surface area contributed by atoms with Crippen molar-refractivity contribution >= 4 is 62.5 Å². The summed E-state index contributed by atoms with van der Waals surface area (Å²) in [6.45, 7) is 1.22. The van der Waals surface area contributed by atoms with Gasteiger partial charge in [0.15, 0.2) is 0 Å². The Labute approximate surface area is 174 Å². The van der Waals surface area contributed by atoms with Gasteiger partial charge in [0.1, 0.15) is 6.04 Å². The number of amides is 2. The summed E-state index contributed by atoms with van der Waals surface area (Å²) in [5.74, 6) is -0.521. The van der Waals surface area contributed by atoms with Gasteiger partial charge in [-0.3, -0.25) is 9.59 Å². The number of anilines is 1. The number of halogens is 2. The number of carbonyl (C=O) groups excluding carboxylic acids is 2. The van der Waals surface area contributed by atoms with Crippen LogP contribution in [0.1, 0.15) is 13.3 Å². The Kier molecular flexibility index (Phi) is 9.89. The Morgan fingerprint density at radius 2 is 1.85 bits per heavy atom. The van der Waals surface area contributed by atoms with E-state index in [1.54, 1.807) is 18.2 Å². The van der Waals surface area contributed by atoms with Crippen molar-refractivity contribution < 1.29 is 18.0 Å². The summed E-state index contributed by atoms with van der Waals surface area (Å²) in [7, 11) is -2.13. The largest absolute Gasteiger partial charge is 0.335 e. The summed E-state index contributed by atoms with van der Waals surface area (Å²) >= 11 is 13.5. The monoisotopic (exact) mass is 455 g/mol. The van der Waals surface area contributed by atoms with Crippen LogP contribution >= 0.6 is 35.0 Å². The van der Waals surface area contributed by atoms with Gasteiger partial charge < -0.3 is 10.2 Å². The third-order valence-electron chi connectivity index (χ3n) is 3.59. The standard InChI is InChI=1S/C16H23Cl2N3O4S2/c1-4-27(24,25)20-13(8-9-26-3)16(23)21(2)10-14(22)19-15-11(17)6-5-7-12(15)18/h5-7,13,20H,4,8-10H2,1-3H3,(H,19,22). The molecule has 0 aliphatic heterocycles. The van der Waals surface area contributed by atoms with Gasteiger partial charge in [0.05, 0.1) is 28.0 Å². The van der Waals surface area contributed by atoms with Crippen LogP contribution in [-0.2, 0) is 19.6 Å². The zero-order chi connectivity index (χ0) is 20.6. The van der Waals surface area contributed by atoms with Gasteiger partial charge >= 0.3 is 0 Å². The van der Waals surface area contributed by atoms with Crippen molar-refractivity contribution in [2.75, 3.05) is 36.7 Å². The maximum absolute atomic E-state index is 12.6. The fraction of sp³-hybridized carbons (Fsp3) is 0.500. The highest BCUT2D eigenvalue weighted by Crippen LogP contribution is 2.29. The Morgan fingerprint density at radius 1 is 1.26 bits per heavy atom. The quantitative estimate of drug-likeness (QED) is 0.564. The Bertz CT molecular complexity index is 755. The smallest absolute Gasteiger partial charge is 0.244 e. The molecule has 0 saturated heterocycles. The van der Waals surface area contributed by atoms with Gasteiger partial charge in [-0.05, 0) is 37.5 Å². The molecule has 1 unspecified atom stereocenters. The lowest BCUT2D eigenvalue weighted by Crippen LogP contribution is -2.49. The predicted molar refractivity (Wildman–Crippen MR) is 112 cm³/mol. The van der Waals surface area contributed by atoms with E-state index in [1.165, 1.54) is 30.6 Å². The molecule has 27 heavy (non-hydrogen) atoms. The van der Waals surface area contributed by atoms with Crippen LogP contribution in [0.5, 0.6) is 0 Å². The number of hydrogen-bond acceptors (Lipinski definition) is 5. The lowest BCUT2D eigenvalue weighted by atomic mass is 10.2. The van der Waals surface area contributed by atoms with Gasteiger partial charge in [0.25, 0.3) is 0 Å². The minimum Gasteiger partial charge on any atom is -0.335 e. The maximum atomic E-state index is 12.6. The molecule has 2 N–H and O–H groups in total. The summed E-state index contributed by atoms with van der Waals surface area (Å²) in [5.41, 5.74) is 0.261. The average molecular weight is 456 g/mol. The minimum absolute atomic E-state index is 0.134. The van der Waals surface area contributed by atoms with Crippen LogP contribution in [0.15, 0.2) is 18.2 Å². The molecule has 1 aromatic carbocycles. The first-order valence-electron chi connectivity index (χ1n) is 8.09. The molecule has 1 aromatic rings. The van der Waals surface area contributed by atoms with Crippen molar-refractivity contribution in [1.82, 2.24) is 9.62 Å². The van der Waals surface area contributed by atoms with E-state index in [4.69, 9.17) is 23.2 Å². The van der Waals surface area contributed by atoms with Crippen LogP contribution in [0, 0.1) is 0 Å². The van der Waals surface area contributed by atoms with E-state index in [9.17, 15) is 18.0 Å². The summed E-state index contributed by atoms with van der Waals surface area (Å²) in [6, 6.07) is 3.88. The summed E-state index contributed by atoms with van der Waals surface area (Å²) in [5, 5.41) is 3.12. The fourth-order valence-electron chi connectivity index (χ4n) is 2.12. The van der Waals surface area contributed by atoms with Crippen LogP contribution in [-0.4, -0.2) is 62.5 Å². The van der Waals surface area contributed by atoms with Crippen LogP contribution in [0.4, 0.5) is 5.69 Å². The Morgan fingerprint density at radius 3 is 2.37 bits per heavy atom. The van der Waals surface area contributed by atoms with Gasteiger partial charge in [0, 0.05) is 7.05 Å². The number of sulfonamides is 1. The van der Waals surface area contributed by atoms with Crippen LogP contribution in [0.3, 0.4) is 0 Å². The van der Waals surface area contributed by atoms with Crippen LogP contribution in [0.25, 0.3) is 0 Å². The first-order chi connectivity index (χ1) is 12.6. The molecule has 1 rings (SSSR count). The van der Waals surface area contributed by atoms with Gasteiger partial charge in [-0.1, -0.05) is 29.3 Å². The second kappa shape index (κ2) is 11.1. The SMILES string of the molecule is CCS(=O)(=O)NC(CCSC)C(=O)N(C)CC(=O)Nc1c(Cl)cccc1Cl. The number of para-hydroxylation sites is 1. The summed E-state index contributed by atoms with van der Waals surface area (Å²) in [4.78, 5) is 26.0. The second-order valence-corrected chi connectivity index (χ2v) is 9.54. The molecular weight excluding hydrogens is 433 g/mol. The molecule has 1 atom stereocenters. The first kappa shape index (κ1) is 24.0. The molecule has 0 saturated carbocycles. The molecule has 7 nitrogen and oxygen atoms in total. The molecule has 2 amide bonds. The first-order valence-corrected chi connectivity index (χ1v) is 11.9. The van der Waals surface area contributed by atoms with Gasteiger partial charge in [-0.25, -0.2) is 13.1 Å². The molecular formula is C16H23Cl2N3O4S2. The van der Waals surface area contributed by atoms with E-state index in [-0.39, 0.29) is 28.0 Å².